The van der Waals surface area contributed by atoms with Crippen LogP contribution in [0.4, 0.5) is 0 Å². The fourth-order valence-electron chi connectivity index (χ4n) is 2.19. The minimum atomic E-state index is 0.446. The van der Waals surface area contributed by atoms with Crippen molar-refractivity contribution in [2.24, 2.45) is 7.05 Å². The highest BCUT2D eigenvalue weighted by atomic mass is 15.1. The minimum absolute atomic E-state index is 0.446. The van der Waals surface area contributed by atoms with E-state index in [-0.39, 0.29) is 0 Å². The van der Waals surface area contributed by atoms with E-state index in [4.69, 9.17) is 0 Å². The lowest BCUT2D eigenvalue weighted by atomic mass is 10.0. The second-order valence-electron chi connectivity index (χ2n) is 4.86. The standard InChI is InChI=1S/C15H27N3/c1-4-6-7-8-9-10-14(17-11-5-2)15-12-16-13-18(15)3/h4,12-14,17H,1,5-11H2,2-3H3. The summed E-state index contributed by atoms with van der Waals surface area (Å²) in [6.45, 7) is 7.04. The first kappa shape index (κ1) is 15.0. The van der Waals surface area contributed by atoms with Gasteiger partial charge in [-0.25, -0.2) is 4.98 Å². The van der Waals surface area contributed by atoms with Crippen LogP contribution in [0.3, 0.4) is 0 Å². The predicted octanol–water partition coefficient (Wildman–Crippen LogP) is 3.60. The van der Waals surface area contributed by atoms with Crippen molar-refractivity contribution in [1.82, 2.24) is 14.9 Å². The summed E-state index contributed by atoms with van der Waals surface area (Å²) in [4.78, 5) is 4.22. The van der Waals surface area contributed by atoms with Gasteiger partial charge in [-0.15, -0.1) is 6.58 Å². The number of hydrogen-bond donors (Lipinski definition) is 1. The lowest BCUT2D eigenvalue weighted by molar-refractivity contribution is 0.453. The number of nitrogens with one attached hydrogen (secondary N) is 1. The summed E-state index contributed by atoms with van der Waals surface area (Å²) < 4.78 is 2.12. The second-order valence-corrected chi connectivity index (χ2v) is 4.86. The van der Waals surface area contributed by atoms with E-state index < -0.39 is 0 Å². The summed E-state index contributed by atoms with van der Waals surface area (Å²) in [6.07, 6.45) is 13.2. The molecule has 1 rings (SSSR count). The summed E-state index contributed by atoms with van der Waals surface area (Å²) in [6, 6.07) is 0.446. The van der Waals surface area contributed by atoms with Crippen LogP contribution in [-0.4, -0.2) is 16.1 Å². The zero-order chi connectivity index (χ0) is 13.2. The molecule has 0 aliphatic heterocycles. The SMILES string of the molecule is C=CCCCCCC(NCCC)c1cncn1C. The average Bonchev–Trinajstić information content (AvgIpc) is 2.79. The predicted molar refractivity (Wildman–Crippen MR) is 77.5 cm³/mol. The Balaban J connectivity index is 2.41. The molecule has 0 radical (unpaired) electrons. The van der Waals surface area contributed by atoms with E-state index in [9.17, 15) is 0 Å². The lowest BCUT2D eigenvalue weighted by Crippen LogP contribution is -2.24. The molecule has 0 aliphatic rings. The van der Waals surface area contributed by atoms with Gasteiger partial charge >= 0.3 is 0 Å². The van der Waals surface area contributed by atoms with Gasteiger partial charge in [-0.2, -0.15) is 0 Å². The maximum Gasteiger partial charge on any atom is 0.0946 e. The van der Waals surface area contributed by atoms with Crippen LogP contribution in [0.25, 0.3) is 0 Å². The normalized spacial score (nSPS) is 12.6. The first-order valence-corrected chi connectivity index (χ1v) is 7.10. The maximum atomic E-state index is 4.22. The number of allylic oxidation sites excluding steroid dienone is 1. The molecule has 0 fully saturated rings. The van der Waals surface area contributed by atoms with Crippen LogP contribution >= 0.6 is 0 Å². The third-order valence-corrected chi connectivity index (χ3v) is 3.25. The van der Waals surface area contributed by atoms with Gasteiger partial charge in [0.05, 0.1) is 12.0 Å². The van der Waals surface area contributed by atoms with Crippen molar-refractivity contribution in [3.05, 3.63) is 30.9 Å². The number of aromatic nitrogens is 2. The van der Waals surface area contributed by atoms with Gasteiger partial charge in [0.25, 0.3) is 0 Å². The molecule has 1 N–H and O–H groups in total. The number of aryl methyl sites for hydroxylation is 1. The third-order valence-electron chi connectivity index (χ3n) is 3.25. The molecule has 1 unspecified atom stereocenters. The molecule has 1 aromatic heterocycles. The summed E-state index contributed by atoms with van der Waals surface area (Å²) in [7, 11) is 2.07. The van der Waals surface area contributed by atoms with Crippen LogP contribution in [0.5, 0.6) is 0 Å². The van der Waals surface area contributed by atoms with E-state index in [1.165, 1.54) is 37.8 Å². The minimum Gasteiger partial charge on any atom is -0.336 e. The van der Waals surface area contributed by atoms with Gasteiger partial charge in [-0.05, 0) is 32.2 Å². The summed E-state index contributed by atoms with van der Waals surface area (Å²) >= 11 is 0. The van der Waals surface area contributed by atoms with Crippen molar-refractivity contribution >= 4 is 0 Å². The molecule has 1 atom stereocenters. The second kappa shape index (κ2) is 8.92. The first-order valence-electron chi connectivity index (χ1n) is 7.10. The highest BCUT2D eigenvalue weighted by molar-refractivity contribution is 5.04. The molecule has 0 spiro atoms. The Hall–Kier alpha value is -1.09. The van der Waals surface area contributed by atoms with Crippen LogP contribution in [0.1, 0.15) is 57.2 Å². The summed E-state index contributed by atoms with van der Waals surface area (Å²) in [5.74, 6) is 0. The van der Waals surface area contributed by atoms with Crippen molar-refractivity contribution < 1.29 is 0 Å². The molecule has 0 bridgehead atoms. The van der Waals surface area contributed by atoms with Crippen molar-refractivity contribution in [2.75, 3.05) is 6.54 Å². The van der Waals surface area contributed by atoms with E-state index in [0.29, 0.717) is 6.04 Å². The Morgan fingerprint density at radius 1 is 1.44 bits per heavy atom. The van der Waals surface area contributed by atoms with Gasteiger partial charge in [0.1, 0.15) is 0 Å². The van der Waals surface area contributed by atoms with Gasteiger partial charge < -0.3 is 9.88 Å². The van der Waals surface area contributed by atoms with Crippen molar-refractivity contribution in [3.8, 4) is 0 Å². The van der Waals surface area contributed by atoms with E-state index in [2.05, 4.69) is 35.4 Å². The highest BCUT2D eigenvalue weighted by Gasteiger charge is 2.13. The van der Waals surface area contributed by atoms with Crippen LogP contribution in [0.2, 0.25) is 0 Å². The van der Waals surface area contributed by atoms with Crippen molar-refractivity contribution in [2.45, 2.75) is 51.5 Å². The van der Waals surface area contributed by atoms with Crippen LogP contribution in [-0.2, 0) is 7.05 Å². The molecular weight excluding hydrogens is 222 g/mol. The Kier molecular flexibility index (Phi) is 7.42. The van der Waals surface area contributed by atoms with Gasteiger partial charge in [0.15, 0.2) is 0 Å². The summed E-state index contributed by atoms with van der Waals surface area (Å²) in [5.41, 5.74) is 1.30. The molecule has 0 aliphatic carbocycles. The van der Waals surface area contributed by atoms with E-state index in [0.717, 1.165) is 13.0 Å². The van der Waals surface area contributed by atoms with Crippen molar-refractivity contribution in [1.29, 1.82) is 0 Å². The molecule has 18 heavy (non-hydrogen) atoms. The van der Waals surface area contributed by atoms with Gasteiger partial charge in [0.2, 0.25) is 0 Å². The lowest BCUT2D eigenvalue weighted by Gasteiger charge is -2.18. The molecule has 0 amide bonds. The maximum absolute atomic E-state index is 4.22. The number of hydrogen-bond acceptors (Lipinski definition) is 2. The average molecular weight is 249 g/mol. The zero-order valence-electron chi connectivity index (χ0n) is 11.9. The zero-order valence-corrected chi connectivity index (χ0v) is 11.9. The van der Waals surface area contributed by atoms with Gasteiger partial charge in [-0.1, -0.05) is 25.8 Å². The van der Waals surface area contributed by atoms with E-state index in [1.807, 2.05) is 18.6 Å². The van der Waals surface area contributed by atoms with Crippen LogP contribution in [0, 0.1) is 0 Å². The summed E-state index contributed by atoms with van der Waals surface area (Å²) in [5, 5.41) is 3.62. The van der Waals surface area contributed by atoms with E-state index >= 15 is 0 Å². The van der Waals surface area contributed by atoms with E-state index in [1.54, 1.807) is 0 Å². The number of imidazole rings is 1. The van der Waals surface area contributed by atoms with Gasteiger partial charge in [-0.3, -0.25) is 0 Å². The van der Waals surface area contributed by atoms with Crippen LogP contribution in [0.15, 0.2) is 25.2 Å². The molecular formula is C15H27N3. The van der Waals surface area contributed by atoms with Gasteiger partial charge in [0, 0.05) is 19.3 Å². The topological polar surface area (TPSA) is 29.9 Å². The molecule has 102 valence electrons. The van der Waals surface area contributed by atoms with Crippen molar-refractivity contribution in [3.63, 3.8) is 0 Å². The molecule has 0 saturated heterocycles. The molecule has 3 heteroatoms. The molecule has 0 saturated carbocycles. The Labute approximate surface area is 111 Å². The Morgan fingerprint density at radius 3 is 2.89 bits per heavy atom. The monoisotopic (exact) mass is 249 g/mol. The Morgan fingerprint density at radius 2 is 2.28 bits per heavy atom. The smallest absolute Gasteiger partial charge is 0.0946 e. The number of rotatable bonds is 10. The fourth-order valence-corrected chi connectivity index (χ4v) is 2.19. The number of unbranched alkanes of at least 4 members (excludes halogenated alkanes) is 3. The molecule has 0 aromatic carbocycles. The van der Waals surface area contributed by atoms with Crippen LogP contribution < -0.4 is 5.32 Å². The quantitative estimate of drug-likeness (QED) is 0.507. The molecule has 3 nitrogen and oxygen atoms in total. The number of nitrogens with zero attached hydrogens (tertiary/aromatic N) is 2. The highest BCUT2D eigenvalue weighted by Crippen LogP contribution is 2.19. The molecule has 1 heterocycles. The first-order chi connectivity index (χ1) is 8.79. The Bertz CT molecular complexity index is 330. The third kappa shape index (κ3) is 5.05. The molecule has 1 aromatic rings. The largest absolute Gasteiger partial charge is 0.336 e. The fraction of sp³-hybridized carbons (Fsp3) is 0.667.